The first-order valence-electron chi connectivity index (χ1n) is 6.06. The second kappa shape index (κ2) is 6.07. The molecule has 1 saturated heterocycles. The molecule has 4 nitrogen and oxygen atoms in total. The second-order valence-corrected chi connectivity index (χ2v) is 4.80. The molecule has 18 heavy (non-hydrogen) atoms. The van der Waals surface area contributed by atoms with Crippen LogP contribution in [0.2, 0.25) is 5.02 Å². The number of amides is 1. The number of methoxy groups -OCH3 is 1. The first-order chi connectivity index (χ1) is 8.70. The number of piperidine rings is 1. The Labute approximate surface area is 112 Å². The van der Waals surface area contributed by atoms with Gasteiger partial charge in [0, 0.05) is 17.6 Å². The Balaban J connectivity index is 2.09. The molecule has 98 valence electrons. The van der Waals surface area contributed by atoms with E-state index in [9.17, 15) is 4.79 Å². The van der Waals surface area contributed by atoms with Gasteiger partial charge in [0.2, 0.25) is 0 Å². The van der Waals surface area contributed by atoms with Crippen molar-refractivity contribution in [1.29, 1.82) is 0 Å². The van der Waals surface area contributed by atoms with E-state index in [2.05, 4.69) is 10.6 Å². The van der Waals surface area contributed by atoms with Crippen molar-refractivity contribution in [2.24, 2.45) is 0 Å². The summed E-state index contributed by atoms with van der Waals surface area (Å²) < 4.78 is 5.18. The van der Waals surface area contributed by atoms with Gasteiger partial charge in [0.05, 0.1) is 12.7 Å². The number of carbonyl (C=O) groups excluding carboxylic acids is 1. The van der Waals surface area contributed by atoms with E-state index in [1.807, 2.05) is 0 Å². The maximum Gasteiger partial charge on any atom is 0.255 e. The van der Waals surface area contributed by atoms with Crippen molar-refractivity contribution in [3.05, 3.63) is 28.8 Å². The Morgan fingerprint density at radius 1 is 1.56 bits per heavy atom. The van der Waals surface area contributed by atoms with E-state index in [0.717, 1.165) is 25.9 Å². The van der Waals surface area contributed by atoms with E-state index in [0.29, 0.717) is 16.3 Å². The van der Waals surface area contributed by atoms with Crippen molar-refractivity contribution in [2.45, 2.75) is 18.9 Å². The minimum Gasteiger partial charge on any atom is -0.496 e. The molecule has 1 aromatic rings. The third kappa shape index (κ3) is 3.15. The van der Waals surface area contributed by atoms with Crippen LogP contribution in [-0.4, -0.2) is 32.1 Å². The van der Waals surface area contributed by atoms with Gasteiger partial charge >= 0.3 is 0 Å². The first-order valence-corrected chi connectivity index (χ1v) is 6.43. The smallest absolute Gasteiger partial charge is 0.255 e. The van der Waals surface area contributed by atoms with Gasteiger partial charge in [-0.2, -0.15) is 0 Å². The maximum atomic E-state index is 12.2. The predicted molar refractivity (Wildman–Crippen MR) is 71.4 cm³/mol. The van der Waals surface area contributed by atoms with Crippen molar-refractivity contribution in [2.75, 3.05) is 20.2 Å². The number of rotatable bonds is 3. The summed E-state index contributed by atoms with van der Waals surface area (Å²) in [5.74, 6) is 0.406. The molecule has 0 aliphatic carbocycles. The average molecular weight is 269 g/mol. The van der Waals surface area contributed by atoms with Crippen LogP contribution in [0.1, 0.15) is 23.2 Å². The summed E-state index contributed by atoms with van der Waals surface area (Å²) in [6.45, 7) is 1.83. The lowest BCUT2D eigenvalue weighted by atomic mass is 10.1. The minimum absolute atomic E-state index is 0.136. The number of hydrogen-bond donors (Lipinski definition) is 2. The molecule has 1 amide bonds. The Morgan fingerprint density at radius 3 is 3.06 bits per heavy atom. The molecule has 0 spiro atoms. The highest BCUT2D eigenvalue weighted by atomic mass is 35.5. The lowest BCUT2D eigenvalue weighted by Gasteiger charge is -2.24. The molecule has 5 heteroatoms. The van der Waals surface area contributed by atoms with Crippen LogP contribution in [0.25, 0.3) is 0 Å². The third-order valence-corrected chi connectivity index (χ3v) is 3.27. The monoisotopic (exact) mass is 268 g/mol. The summed E-state index contributed by atoms with van der Waals surface area (Å²) in [6, 6.07) is 5.22. The lowest BCUT2D eigenvalue weighted by molar-refractivity contribution is 0.0927. The summed E-state index contributed by atoms with van der Waals surface area (Å²) in [4.78, 5) is 12.2. The van der Waals surface area contributed by atoms with Gasteiger partial charge in [0.15, 0.2) is 0 Å². The topological polar surface area (TPSA) is 50.4 Å². The fraction of sp³-hybridized carbons (Fsp3) is 0.462. The Kier molecular flexibility index (Phi) is 4.44. The molecule has 0 aromatic heterocycles. The molecule has 1 fully saturated rings. The first kappa shape index (κ1) is 13.2. The van der Waals surface area contributed by atoms with E-state index < -0.39 is 0 Å². The molecule has 1 atom stereocenters. The molecule has 2 rings (SSSR count). The normalized spacial score (nSPS) is 19.3. The highest BCUT2D eigenvalue weighted by molar-refractivity contribution is 6.31. The molecule has 1 heterocycles. The molecule has 1 aliphatic rings. The van der Waals surface area contributed by atoms with Crippen LogP contribution in [0.4, 0.5) is 0 Å². The van der Waals surface area contributed by atoms with E-state index in [-0.39, 0.29) is 11.9 Å². The van der Waals surface area contributed by atoms with Gasteiger partial charge in [0.25, 0.3) is 5.91 Å². The largest absolute Gasteiger partial charge is 0.496 e. The number of halogens is 1. The fourth-order valence-corrected chi connectivity index (χ4v) is 2.27. The van der Waals surface area contributed by atoms with Gasteiger partial charge in [0.1, 0.15) is 5.75 Å². The Hall–Kier alpha value is -1.26. The lowest BCUT2D eigenvalue weighted by Crippen LogP contribution is -2.45. The van der Waals surface area contributed by atoms with Crippen LogP contribution in [0.5, 0.6) is 5.75 Å². The zero-order chi connectivity index (χ0) is 13.0. The number of carbonyl (C=O) groups is 1. The van der Waals surface area contributed by atoms with Gasteiger partial charge in [-0.25, -0.2) is 0 Å². The van der Waals surface area contributed by atoms with E-state index in [1.54, 1.807) is 25.3 Å². The van der Waals surface area contributed by atoms with Gasteiger partial charge in [-0.15, -0.1) is 0 Å². The summed E-state index contributed by atoms with van der Waals surface area (Å²) in [6.07, 6.45) is 2.08. The van der Waals surface area contributed by atoms with E-state index in [1.165, 1.54) is 0 Å². The number of hydrogen-bond acceptors (Lipinski definition) is 3. The third-order valence-electron chi connectivity index (χ3n) is 3.04. The van der Waals surface area contributed by atoms with Crippen molar-refractivity contribution in [3.63, 3.8) is 0 Å². The number of benzene rings is 1. The molecule has 0 radical (unpaired) electrons. The summed E-state index contributed by atoms with van der Waals surface area (Å²) in [5.41, 5.74) is 0.482. The van der Waals surface area contributed by atoms with Crippen LogP contribution < -0.4 is 15.4 Å². The summed E-state index contributed by atoms with van der Waals surface area (Å²) >= 11 is 5.91. The second-order valence-electron chi connectivity index (χ2n) is 4.36. The molecule has 0 unspecified atom stereocenters. The summed E-state index contributed by atoms with van der Waals surface area (Å²) in [7, 11) is 1.54. The van der Waals surface area contributed by atoms with Crippen LogP contribution in [0.3, 0.4) is 0 Å². The molecule has 1 aliphatic heterocycles. The average Bonchev–Trinajstić information content (AvgIpc) is 2.40. The van der Waals surface area contributed by atoms with Crippen LogP contribution in [0, 0.1) is 0 Å². The molecule has 2 N–H and O–H groups in total. The molecular weight excluding hydrogens is 252 g/mol. The van der Waals surface area contributed by atoms with Crippen molar-refractivity contribution in [3.8, 4) is 5.75 Å². The van der Waals surface area contributed by atoms with Crippen LogP contribution in [0.15, 0.2) is 18.2 Å². The molecular formula is C13H17ClN2O2. The zero-order valence-corrected chi connectivity index (χ0v) is 11.1. The van der Waals surface area contributed by atoms with Gasteiger partial charge in [-0.05, 0) is 37.6 Å². The molecule has 0 saturated carbocycles. The highest BCUT2D eigenvalue weighted by Crippen LogP contribution is 2.22. The predicted octanol–water partition coefficient (Wildman–Crippen LogP) is 1.83. The highest BCUT2D eigenvalue weighted by Gasteiger charge is 2.19. The number of ether oxygens (including phenoxy) is 1. The van der Waals surface area contributed by atoms with Crippen molar-refractivity contribution < 1.29 is 9.53 Å². The molecule has 1 aromatic carbocycles. The number of nitrogens with one attached hydrogen (secondary N) is 2. The Morgan fingerprint density at radius 2 is 2.39 bits per heavy atom. The summed E-state index contributed by atoms with van der Waals surface area (Å²) in [5, 5.41) is 6.79. The zero-order valence-electron chi connectivity index (χ0n) is 10.3. The van der Waals surface area contributed by atoms with Crippen molar-refractivity contribution in [1.82, 2.24) is 10.6 Å². The minimum atomic E-state index is -0.136. The SMILES string of the molecule is COc1ccc(Cl)cc1C(=O)N[C@H]1CCCNC1. The standard InChI is InChI=1S/C13H17ClN2O2/c1-18-12-5-4-9(14)7-11(12)13(17)16-10-3-2-6-15-8-10/h4-5,7,10,15H,2-3,6,8H2,1H3,(H,16,17)/t10-/m0/s1. The van der Waals surface area contributed by atoms with Crippen molar-refractivity contribution >= 4 is 17.5 Å². The van der Waals surface area contributed by atoms with E-state index >= 15 is 0 Å². The van der Waals surface area contributed by atoms with Crippen LogP contribution >= 0.6 is 11.6 Å². The van der Waals surface area contributed by atoms with E-state index in [4.69, 9.17) is 16.3 Å². The van der Waals surface area contributed by atoms with Gasteiger partial charge < -0.3 is 15.4 Å². The Bertz CT molecular complexity index is 431. The van der Waals surface area contributed by atoms with Gasteiger partial charge in [-0.3, -0.25) is 4.79 Å². The quantitative estimate of drug-likeness (QED) is 0.879. The van der Waals surface area contributed by atoms with Crippen LogP contribution in [-0.2, 0) is 0 Å². The van der Waals surface area contributed by atoms with Gasteiger partial charge in [-0.1, -0.05) is 11.6 Å². The molecule has 0 bridgehead atoms. The maximum absolute atomic E-state index is 12.2. The fourth-order valence-electron chi connectivity index (χ4n) is 2.10.